The number of rotatable bonds is 3. The third kappa shape index (κ3) is 1.26. The molecule has 74 valence electrons. The van der Waals surface area contributed by atoms with E-state index in [0.717, 1.165) is 6.42 Å². The Morgan fingerprint density at radius 1 is 1.46 bits per heavy atom. The lowest BCUT2D eigenvalue weighted by Gasteiger charge is -2.13. The molecule has 2 saturated carbocycles. The van der Waals surface area contributed by atoms with Crippen LogP contribution in [-0.2, 0) is 4.79 Å². The topological polar surface area (TPSA) is 63.3 Å². The standard InChI is InChI=1S/C10H17NO2/c11-6-10(9(12)13)5-8(10)7-3-1-2-4-7/h7-8H,1-6,11H2,(H,12,13). The van der Waals surface area contributed by atoms with Gasteiger partial charge in [0.15, 0.2) is 0 Å². The number of hydrogen-bond donors (Lipinski definition) is 2. The van der Waals surface area contributed by atoms with Crippen molar-refractivity contribution in [3.8, 4) is 0 Å². The Morgan fingerprint density at radius 2 is 2.08 bits per heavy atom. The van der Waals surface area contributed by atoms with Crippen LogP contribution in [0, 0.1) is 17.3 Å². The van der Waals surface area contributed by atoms with Crippen LogP contribution < -0.4 is 5.73 Å². The van der Waals surface area contributed by atoms with Gasteiger partial charge in [0.1, 0.15) is 0 Å². The van der Waals surface area contributed by atoms with Gasteiger partial charge >= 0.3 is 5.97 Å². The summed E-state index contributed by atoms with van der Waals surface area (Å²) in [4.78, 5) is 11.0. The number of aliphatic carboxylic acids is 1. The lowest BCUT2D eigenvalue weighted by molar-refractivity contribution is -0.143. The maximum absolute atomic E-state index is 11.0. The molecule has 13 heavy (non-hydrogen) atoms. The van der Waals surface area contributed by atoms with Crippen LogP contribution in [0.4, 0.5) is 0 Å². The molecule has 2 aliphatic carbocycles. The van der Waals surface area contributed by atoms with Crippen molar-refractivity contribution in [1.29, 1.82) is 0 Å². The summed E-state index contributed by atoms with van der Waals surface area (Å²) in [6.07, 6.45) is 5.83. The van der Waals surface area contributed by atoms with Crippen LogP contribution in [0.5, 0.6) is 0 Å². The first-order chi connectivity index (χ1) is 6.20. The molecule has 2 fully saturated rings. The molecule has 2 aliphatic rings. The summed E-state index contributed by atoms with van der Waals surface area (Å²) in [5.41, 5.74) is 5.01. The zero-order valence-corrected chi connectivity index (χ0v) is 7.83. The van der Waals surface area contributed by atoms with Gasteiger partial charge in [-0.2, -0.15) is 0 Å². The van der Waals surface area contributed by atoms with E-state index in [1.807, 2.05) is 0 Å². The minimum Gasteiger partial charge on any atom is -0.481 e. The lowest BCUT2D eigenvalue weighted by Crippen LogP contribution is -2.28. The highest BCUT2D eigenvalue weighted by molar-refractivity contribution is 5.79. The van der Waals surface area contributed by atoms with Crippen LogP contribution in [0.25, 0.3) is 0 Å². The van der Waals surface area contributed by atoms with Crippen LogP contribution in [0.15, 0.2) is 0 Å². The van der Waals surface area contributed by atoms with Gasteiger partial charge in [-0.05, 0) is 18.3 Å². The fourth-order valence-corrected chi connectivity index (χ4v) is 2.88. The first kappa shape index (κ1) is 9.00. The minimum atomic E-state index is -0.674. The van der Waals surface area contributed by atoms with E-state index >= 15 is 0 Å². The predicted octanol–water partition coefficient (Wildman–Crippen LogP) is 1.23. The molecule has 0 spiro atoms. The highest BCUT2D eigenvalue weighted by Crippen LogP contribution is 2.59. The lowest BCUT2D eigenvalue weighted by atomic mass is 9.93. The third-order valence-electron chi connectivity index (χ3n) is 3.89. The van der Waals surface area contributed by atoms with Gasteiger partial charge in [0.25, 0.3) is 0 Å². The highest BCUT2D eigenvalue weighted by atomic mass is 16.4. The third-order valence-corrected chi connectivity index (χ3v) is 3.89. The first-order valence-corrected chi connectivity index (χ1v) is 5.14. The van der Waals surface area contributed by atoms with Gasteiger partial charge in [0.2, 0.25) is 0 Å². The second-order valence-electron chi connectivity index (χ2n) is 4.52. The summed E-state index contributed by atoms with van der Waals surface area (Å²) in [6, 6.07) is 0. The molecule has 2 unspecified atom stereocenters. The van der Waals surface area contributed by atoms with Gasteiger partial charge < -0.3 is 10.8 Å². The molecule has 0 aromatic rings. The van der Waals surface area contributed by atoms with E-state index in [4.69, 9.17) is 10.8 Å². The van der Waals surface area contributed by atoms with Crippen LogP contribution in [0.3, 0.4) is 0 Å². The molecular formula is C10H17NO2. The van der Waals surface area contributed by atoms with Crippen molar-refractivity contribution in [2.24, 2.45) is 23.0 Å². The molecule has 2 rings (SSSR count). The number of carboxylic acids is 1. The van der Waals surface area contributed by atoms with Crippen molar-refractivity contribution in [1.82, 2.24) is 0 Å². The second-order valence-corrected chi connectivity index (χ2v) is 4.52. The molecule has 0 aliphatic heterocycles. The van der Waals surface area contributed by atoms with E-state index in [1.54, 1.807) is 0 Å². The molecule has 0 amide bonds. The predicted molar refractivity (Wildman–Crippen MR) is 49.2 cm³/mol. The maximum atomic E-state index is 11.0. The van der Waals surface area contributed by atoms with Gasteiger partial charge in [0.05, 0.1) is 5.41 Å². The van der Waals surface area contributed by atoms with E-state index in [-0.39, 0.29) is 0 Å². The molecule has 2 atom stereocenters. The Hall–Kier alpha value is -0.570. The molecule has 0 aromatic carbocycles. The highest BCUT2D eigenvalue weighted by Gasteiger charge is 2.61. The maximum Gasteiger partial charge on any atom is 0.311 e. The van der Waals surface area contributed by atoms with Gasteiger partial charge in [-0.1, -0.05) is 25.7 Å². The Morgan fingerprint density at radius 3 is 2.46 bits per heavy atom. The Bertz CT molecular complexity index is 223. The molecular weight excluding hydrogens is 166 g/mol. The molecule has 3 heteroatoms. The molecule has 0 bridgehead atoms. The van der Waals surface area contributed by atoms with Gasteiger partial charge in [-0.3, -0.25) is 4.79 Å². The molecule has 3 N–H and O–H groups in total. The van der Waals surface area contributed by atoms with Gasteiger partial charge in [0, 0.05) is 6.54 Å². The molecule has 0 aromatic heterocycles. The van der Waals surface area contributed by atoms with E-state index in [1.165, 1.54) is 25.7 Å². The van der Waals surface area contributed by atoms with E-state index in [0.29, 0.717) is 18.4 Å². The van der Waals surface area contributed by atoms with E-state index in [2.05, 4.69) is 0 Å². The largest absolute Gasteiger partial charge is 0.481 e. The quantitative estimate of drug-likeness (QED) is 0.691. The molecule has 0 radical (unpaired) electrons. The van der Waals surface area contributed by atoms with Crippen molar-refractivity contribution in [3.63, 3.8) is 0 Å². The second kappa shape index (κ2) is 2.98. The van der Waals surface area contributed by atoms with E-state index in [9.17, 15) is 4.79 Å². The molecule has 0 heterocycles. The smallest absolute Gasteiger partial charge is 0.311 e. The fourth-order valence-electron chi connectivity index (χ4n) is 2.88. The van der Waals surface area contributed by atoms with Crippen LogP contribution >= 0.6 is 0 Å². The Labute approximate surface area is 78.3 Å². The SMILES string of the molecule is NCC1(C(=O)O)CC1C1CCCC1. The Balaban J connectivity index is 2.01. The number of hydrogen-bond acceptors (Lipinski definition) is 2. The van der Waals surface area contributed by atoms with Crippen LogP contribution in [0.2, 0.25) is 0 Å². The van der Waals surface area contributed by atoms with Crippen LogP contribution in [-0.4, -0.2) is 17.6 Å². The zero-order chi connectivity index (χ0) is 9.47. The van der Waals surface area contributed by atoms with Crippen molar-refractivity contribution in [2.75, 3.05) is 6.54 Å². The number of nitrogens with two attached hydrogens (primary N) is 1. The number of carboxylic acid groups (broad SMARTS) is 1. The van der Waals surface area contributed by atoms with Crippen LogP contribution in [0.1, 0.15) is 32.1 Å². The fraction of sp³-hybridized carbons (Fsp3) is 0.900. The monoisotopic (exact) mass is 183 g/mol. The molecule has 0 saturated heterocycles. The molecule has 3 nitrogen and oxygen atoms in total. The zero-order valence-electron chi connectivity index (χ0n) is 7.83. The van der Waals surface area contributed by atoms with Crippen molar-refractivity contribution in [2.45, 2.75) is 32.1 Å². The Kier molecular flexibility index (Phi) is 2.06. The average Bonchev–Trinajstić information content (AvgIpc) is 2.63. The normalized spacial score (nSPS) is 39.3. The number of carbonyl (C=O) groups is 1. The summed E-state index contributed by atoms with van der Waals surface area (Å²) in [6.45, 7) is 0.323. The summed E-state index contributed by atoms with van der Waals surface area (Å²) >= 11 is 0. The summed E-state index contributed by atoms with van der Waals surface area (Å²) in [5.74, 6) is 0.365. The van der Waals surface area contributed by atoms with E-state index < -0.39 is 11.4 Å². The van der Waals surface area contributed by atoms with Crippen molar-refractivity contribution in [3.05, 3.63) is 0 Å². The minimum absolute atomic E-state index is 0.323. The summed E-state index contributed by atoms with van der Waals surface area (Å²) in [7, 11) is 0. The first-order valence-electron chi connectivity index (χ1n) is 5.14. The van der Waals surface area contributed by atoms with Gasteiger partial charge in [-0.25, -0.2) is 0 Å². The average molecular weight is 183 g/mol. The van der Waals surface area contributed by atoms with Crippen molar-refractivity contribution >= 4 is 5.97 Å². The summed E-state index contributed by atoms with van der Waals surface area (Å²) in [5, 5.41) is 9.05. The van der Waals surface area contributed by atoms with Crippen molar-refractivity contribution < 1.29 is 9.90 Å². The van der Waals surface area contributed by atoms with Gasteiger partial charge in [-0.15, -0.1) is 0 Å². The summed E-state index contributed by atoms with van der Waals surface area (Å²) < 4.78 is 0.